The minimum Gasteiger partial charge on any atom is -0.335 e. The number of halogens is 3. The van der Waals surface area contributed by atoms with Crippen molar-refractivity contribution < 1.29 is 13.6 Å². The van der Waals surface area contributed by atoms with Crippen LogP contribution in [0.5, 0.6) is 0 Å². The summed E-state index contributed by atoms with van der Waals surface area (Å²) in [5, 5.41) is -0.0889. The van der Waals surface area contributed by atoms with Gasteiger partial charge in [0, 0.05) is 12.6 Å². The van der Waals surface area contributed by atoms with Gasteiger partial charge in [0.05, 0.1) is 17.8 Å². The van der Waals surface area contributed by atoms with Crippen LogP contribution < -0.4 is 0 Å². The molecule has 0 aliphatic heterocycles. The summed E-state index contributed by atoms with van der Waals surface area (Å²) in [6.45, 7) is 1.68. The molecule has 3 nitrogen and oxygen atoms in total. The number of aromatic nitrogens is 1. The number of hydrogen-bond acceptors (Lipinski definition) is 2. The van der Waals surface area contributed by atoms with Crippen LogP contribution in [0.4, 0.5) is 8.78 Å². The molecule has 0 saturated carbocycles. The first-order valence-corrected chi connectivity index (χ1v) is 6.62. The highest BCUT2D eigenvalue weighted by atomic mass is 35.5. The van der Waals surface area contributed by atoms with E-state index in [9.17, 15) is 13.6 Å². The van der Waals surface area contributed by atoms with E-state index in [4.69, 9.17) is 11.6 Å². The Morgan fingerprint density at radius 3 is 2.67 bits per heavy atom. The zero-order valence-corrected chi connectivity index (χ0v) is 12.2. The van der Waals surface area contributed by atoms with Crippen LogP contribution in [0, 0.1) is 11.6 Å². The van der Waals surface area contributed by atoms with Gasteiger partial charge in [0.25, 0.3) is 5.91 Å². The summed E-state index contributed by atoms with van der Waals surface area (Å²) in [6, 6.07) is 6.65. The van der Waals surface area contributed by atoms with Crippen molar-refractivity contribution in [2.45, 2.75) is 13.0 Å². The average molecular weight is 311 g/mol. The first-order valence-electron chi connectivity index (χ1n) is 6.24. The molecule has 110 valence electrons. The second kappa shape index (κ2) is 6.18. The van der Waals surface area contributed by atoms with Gasteiger partial charge in [-0.25, -0.2) is 13.8 Å². The second-order valence-corrected chi connectivity index (χ2v) is 4.96. The van der Waals surface area contributed by atoms with Crippen molar-refractivity contribution in [1.29, 1.82) is 0 Å². The lowest BCUT2D eigenvalue weighted by Crippen LogP contribution is -2.30. The van der Waals surface area contributed by atoms with Crippen LogP contribution in [0.25, 0.3) is 0 Å². The molecule has 1 atom stereocenters. The first-order chi connectivity index (χ1) is 9.91. The van der Waals surface area contributed by atoms with E-state index in [1.807, 2.05) is 0 Å². The van der Waals surface area contributed by atoms with E-state index in [-0.39, 0.29) is 10.7 Å². The van der Waals surface area contributed by atoms with E-state index >= 15 is 0 Å². The van der Waals surface area contributed by atoms with Gasteiger partial charge >= 0.3 is 0 Å². The van der Waals surface area contributed by atoms with Gasteiger partial charge in [0.1, 0.15) is 16.8 Å². The molecule has 0 N–H and O–H groups in total. The molecule has 2 aromatic rings. The Morgan fingerprint density at radius 2 is 2.00 bits per heavy atom. The number of amides is 1. The van der Waals surface area contributed by atoms with Gasteiger partial charge in [-0.15, -0.1) is 0 Å². The molecule has 1 unspecified atom stereocenters. The third-order valence-electron chi connectivity index (χ3n) is 3.29. The summed E-state index contributed by atoms with van der Waals surface area (Å²) in [4.78, 5) is 17.2. The maximum atomic E-state index is 13.8. The van der Waals surface area contributed by atoms with E-state index in [1.165, 1.54) is 18.0 Å². The normalized spacial score (nSPS) is 12.0. The van der Waals surface area contributed by atoms with Crippen LogP contribution in [0.1, 0.15) is 28.9 Å². The van der Waals surface area contributed by atoms with Gasteiger partial charge in [0.2, 0.25) is 0 Å². The molecule has 0 fully saturated rings. The molecule has 0 radical (unpaired) electrons. The standard InChI is InChI=1S/C15H13ClF2N2O/c1-9(11-5-3-4-6-13(11)18)20(2)15(21)12-7-10(17)8-19-14(12)16/h3-9H,1-2H3. The van der Waals surface area contributed by atoms with E-state index < -0.39 is 23.6 Å². The molecule has 1 aromatic heterocycles. The van der Waals surface area contributed by atoms with Crippen LogP contribution in [0.2, 0.25) is 5.15 Å². The monoisotopic (exact) mass is 310 g/mol. The average Bonchev–Trinajstić information content (AvgIpc) is 2.48. The summed E-state index contributed by atoms with van der Waals surface area (Å²) in [7, 11) is 1.50. The minimum absolute atomic E-state index is 0.0534. The van der Waals surface area contributed by atoms with Crippen molar-refractivity contribution in [1.82, 2.24) is 9.88 Å². The Labute approximate surface area is 126 Å². The van der Waals surface area contributed by atoms with Gasteiger partial charge < -0.3 is 4.90 Å². The second-order valence-electron chi connectivity index (χ2n) is 4.61. The topological polar surface area (TPSA) is 33.2 Å². The van der Waals surface area contributed by atoms with E-state index in [2.05, 4.69) is 4.98 Å². The van der Waals surface area contributed by atoms with Crippen molar-refractivity contribution in [3.8, 4) is 0 Å². The molecule has 0 aliphatic carbocycles. The molecule has 21 heavy (non-hydrogen) atoms. The summed E-state index contributed by atoms with van der Waals surface area (Å²) in [5.74, 6) is -1.59. The highest BCUT2D eigenvalue weighted by Gasteiger charge is 2.23. The zero-order valence-electron chi connectivity index (χ0n) is 11.5. The van der Waals surface area contributed by atoms with Crippen molar-refractivity contribution in [3.63, 3.8) is 0 Å². The summed E-state index contributed by atoms with van der Waals surface area (Å²) in [6.07, 6.45) is 0.930. The summed E-state index contributed by atoms with van der Waals surface area (Å²) < 4.78 is 27.0. The van der Waals surface area contributed by atoms with Crippen molar-refractivity contribution in [2.75, 3.05) is 7.05 Å². The van der Waals surface area contributed by atoms with E-state index in [0.717, 1.165) is 12.3 Å². The summed E-state index contributed by atoms with van der Waals surface area (Å²) >= 11 is 5.82. The van der Waals surface area contributed by atoms with Crippen molar-refractivity contribution >= 4 is 17.5 Å². The maximum Gasteiger partial charge on any atom is 0.257 e. The van der Waals surface area contributed by atoms with E-state index in [1.54, 1.807) is 25.1 Å². The minimum atomic E-state index is -0.658. The third kappa shape index (κ3) is 3.19. The SMILES string of the molecule is CC(c1ccccc1F)N(C)C(=O)c1cc(F)cnc1Cl. The quantitative estimate of drug-likeness (QED) is 0.807. The number of carbonyl (C=O) groups excluding carboxylic acids is 1. The molecular formula is C15H13ClF2N2O. The molecule has 1 aromatic carbocycles. The predicted octanol–water partition coefficient (Wildman–Crippen LogP) is 3.85. The zero-order chi connectivity index (χ0) is 15.6. The predicted molar refractivity (Wildman–Crippen MR) is 76.1 cm³/mol. The number of benzene rings is 1. The molecular weight excluding hydrogens is 298 g/mol. The first kappa shape index (κ1) is 15.4. The number of pyridine rings is 1. The molecule has 1 heterocycles. The van der Waals surface area contributed by atoms with Crippen LogP contribution in [0.15, 0.2) is 36.5 Å². The third-order valence-corrected chi connectivity index (χ3v) is 3.59. The fourth-order valence-corrected chi connectivity index (χ4v) is 2.15. The van der Waals surface area contributed by atoms with Gasteiger partial charge in [-0.05, 0) is 19.1 Å². The number of carbonyl (C=O) groups is 1. The molecule has 0 spiro atoms. The van der Waals surface area contributed by atoms with Crippen molar-refractivity contribution in [3.05, 3.63) is 64.4 Å². The molecule has 6 heteroatoms. The maximum absolute atomic E-state index is 13.8. The van der Waals surface area contributed by atoms with Crippen LogP contribution in [-0.4, -0.2) is 22.8 Å². The summed E-state index contributed by atoms with van der Waals surface area (Å²) in [5.41, 5.74) is 0.316. The molecule has 0 saturated heterocycles. The largest absolute Gasteiger partial charge is 0.335 e. The highest BCUT2D eigenvalue weighted by Crippen LogP contribution is 2.25. The van der Waals surface area contributed by atoms with Crippen LogP contribution in [-0.2, 0) is 0 Å². The number of rotatable bonds is 3. The van der Waals surface area contributed by atoms with Gasteiger partial charge in [0.15, 0.2) is 0 Å². The highest BCUT2D eigenvalue weighted by molar-refractivity contribution is 6.32. The fraction of sp³-hybridized carbons (Fsp3) is 0.200. The van der Waals surface area contributed by atoms with Crippen LogP contribution in [0.3, 0.4) is 0 Å². The molecule has 0 aliphatic rings. The number of hydrogen-bond donors (Lipinski definition) is 0. The number of nitrogens with zero attached hydrogens (tertiary/aromatic N) is 2. The van der Waals surface area contributed by atoms with Gasteiger partial charge in [-0.2, -0.15) is 0 Å². The molecule has 2 rings (SSSR count). The van der Waals surface area contributed by atoms with Crippen molar-refractivity contribution in [2.24, 2.45) is 0 Å². The van der Waals surface area contributed by atoms with Gasteiger partial charge in [-0.1, -0.05) is 29.8 Å². The lowest BCUT2D eigenvalue weighted by Gasteiger charge is -2.26. The Balaban J connectivity index is 2.31. The molecule has 0 bridgehead atoms. The molecule has 1 amide bonds. The van der Waals surface area contributed by atoms with Gasteiger partial charge in [-0.3, -0.25) is 4.79 Å². The Bertz CT molecular complexity index is 678. The lowest BCUT2D eigenvalue weighted by molar-refractivity contribution is 0.0739. The smallest absolute Gasteiger partial charge is 0.257 e. The Hall–Kier alpha value is -2.01. The Morgan fingerprint density at radius 1 is 1.33 bits per heavy atom. The Kier molecular flexibility index (Phi) is 4.53. The lowest BCUT2D eigenvalue weighted by atomic mass is 10.1. The van der Waals surface area contributed by atoms with Crippen LogP contribution >= 0.6 is 11.6 Å². The fourth-order valence-electron chi connectivity index (χ4n) is 1.96. The van der Waals surface area contributed by atoms with E-state index in [0.29, 0.717) is 5.56 Å².